The number of nitrogens with zero attached hydrogens (tertiary/aromatic N) is 2. The fourth-order valence-electron chi connectivity index (χ4n) is 3.11. The molecule has 0 aromatic heterocycles. The normalized spacial score (nSPS) is 24.3. The zero-order valence-corrected chi connectivity index (χ0v) is 13.9. The number of hydrogen-bond donors (Lipinski definition) is 1. The second kappa shape index (κ2) is 7.41. The average Bonchev–Trinajstić information content (AvgIpc) is 2.86. The molecule has 8 heteroatoms. The molecule has 7 nitrogen and oxygen atoms in total. The Morgan fingerprint density at radius 3 is 2.73 bits per heavy atom. The van der Waals surface area contributed by atoms with Crippen molar-refractivity contribution in [2.75, 3.05) is 32.4 Å². The number of nitrogens with one attached hydrogen (secondary N) is 1. The highest BCUT2D eigenvalue weighted by atomic mass is 32.2. The summed E-state index contributed by atoms with van der Waals surface area (Å²) in [5.41, 5.74) is 0. The van der Waals surface area contributed by atoms with Gasteiger partial charge < -0.3 is 10.2 Å². The lowest BCUT2D eigenvalue weighted by Crippen LogP contribution is -2.47. The molecule has 22 heavy (non-hydrogen) atoms. The molecule has 2 heterocycles. The van der Waals surface area contributed by atoms with Gasteiger partial charge in [0.05, 0.1) is 6.26 Å². The third-order valence-corrected chi connectivity index (χ3v) is 5.57. The number of likely N-dealkylation sites (tertiary alicyclic amines) is 1. The summed E-state index contributed by atoms with van der Waals surface area (Å²) in [6.07, 6.45) is 5.99. The fraction of sp³-hybridized carbons (Fsp3) is 0.857. The molecule has 1 atom stereocenters. The summed E-state index contributed by atoms with van der Waals surface area (Å²) in [6, 6.07) is -0.602. The highest BCUT2D eigenvalue weighted by Crippen LogP contribution is 2.20. The van der Waals surface area contributed by atoms with Crippen LogP contribution in [-0.2, 0) is 19.6 Å². The number of carbonyl (C=O) groups excluding carboxylic acids is 2. The lowest BCUT2D eigenvalue weighted by molar-refractivity contribution is -0.131. The van der Waals surface area contributed by atoms with Gasteiger partial charge in [-0.15, -0.1) is 0 Å². The van der Waals surface area contributed by atoms with Crippen molar-refractivity contribution < 1.29 is 18.0 Å². The van der Waals surface area contributed by atoms with Crippen molar-refractivity contribution in [3.05, 3.63) is 0 Å². The molecule has 0 radical (unpaired) electrons. The van der Waals surface area contributed by atoms with Crippen LogP contribution in [0.15, 0.2) is 0 Å². The summed E-state index contributed by atoms with van der Waals surface area (Å²) in [7, 11) is -3.35. The monoisotopic (exact) mass is 331 g/mol. The second-order valence-corrected chi connectivity index (χ2v) is 7.95. The summed E-state index contributed by atoms with van der Waals surface area (Å²) in [6.45, 7) is 2.02. The smallest absolute Gasteiger partial charge is 0.238 e. The molecule has 0 spiro atoms. The zero-order valence-electron chi connectivity index (χ0n) is 13.1. The van der Waals surface area contributed by atoms with Gasteiger partial charge in [-0.2, -0.15) is 4.31 Å². The van der Waals surface area contributed by atoms with Crippen molar-refractivity contribution in [1.82, 2.24) is 14.5 Å². The van der Waals surface area contributed by atoms with Gasteiger partial charge in [-0.05, 0) is 25.7 Å². The molecule has 2 saturated heterocycles. The number of amides is 2. The lowest BCUT2D eigenvalue weighted by Gasteiger charge is -2.23. The molecular formula is C14H25N3O4S. The van der Waals surface area contributed by atoms with Crippen LogP contribution >= 0.6 is 0 Å². The standard InChI is InChI=1S/C14H25N3O4S/c1-22(20,21)17-10-5-6-12(17)14(19)15-8-11-16-9-4-2-3-7-13(16)18/h12H,2-11H2,1H3,(H,15,19)/t12-/m1/s1. The van der Waals surface area contributed by atoms with Crippen LogP contribution in [0, 0.1) is 0 Å². The highest BCUT2D eigenvalue weighted by molar-refractivity contribution is 7.88. The van der Waals surface area contributed by atoms with Crippen LogP contribution < -0.4 is 5.32 Å². The van der Waals surface area contributed by atoms with E-state index in [1.54, 1.807) is 4.90 Å². The summed E-state index contributed by atoms with van der Waals surface area (Å²) in [5, 5.41) is 2.78. The first-order valence-corrected chi connectivity index (χ1v) is 9.77. The van der Waals surface area contributed by atoms with E-state index in [0.717, 1.165) is 32.1 Å². The molecule has 0 aromatic carbocycles. The molecule has 2 aliphatic rings. The maximum atomic E-state index is 12.2. The minimum Gasteiger partial charge on any atom is -0.353 e. The van der Waals surface area contributed by atoms with E-state index in [2.05, 4.69) is 5.32 Å². The molecule has 2 fully saturated rings. The Labute approximate surface area is 132 Å². The molecule has 0 unspecified atom stereocenters. The van der Waals surface area contributed by atoms with Crippen LogP contribution in [0.25, 0.3) is 0 Å². The minimum atomic E-state index is -3.35. The molecule has 126 valence electrons. The van der Waals surface area contributed by atoms with Gasteiger partial charge in [-0.1, -0.05) is 6.42 Å². The van der Waals surface area contributed by atoms with E-state index in [-0.39, 0.29) is 11.8 Å². The van der Waals surface area contributed by atoms with Gasteiger partial charge >= 0.3 is 0 Å². The summed E-state index contributed by atoms with van der Waals surface area (Å²) < 4.78 is 24.6. The molecule has 0 saturated carbocycles. The molecular weight excluding hydrogens is 306 g/mol. The van der Waals surface area contributed by atoms with E-state index < -0.39 is 16.1 Å². The van der Waals surface area contributed by atoms with Crippen LogP contribution in [-0.4, -0.2) is 67.9 Å². The van der Waals surface area contributed by atoms with E-state index in [9.17, 15) is 18.0 Å². The maximum Gasteiger partial charge on any atom is 0.238 e. The van der Waals surface area contributed by atoms with Gasteiger partial charge in [-0.3, -0.25) is 9.59 Å². The van der Waals surface area contributed by atoms with Crippen LogP contribution in [0.1, 0.15) is 38.5 Å². The van der Waals surface area contributed by atoms with Crippen molar-refractivity contribution in [3.63, 3.8) is 0 Å². The maximum absolute atomic E-state index is 12.2. The second-order valence-electron chi connectivity index (χ2n) is 6.01. The van der Waals surface area contributed by atoms with Gasteiger partial charge in [0.25, 0.3) is 0 Å². The van der Waals surface area contributed by atoms with Gasteiger partial charge in [0.1, 0.15) is 6.04 Å². The number of carbonyl (C=O) groups is 2. The van der Waals surface area contributed by atoms with E-state index in [1.165, 1.54) is 4.31 Å². The Balaban J connectivity index is 1.81. The summed E-state index contributed by atoms with van der Waals surface area (Å²) in [4.78, 5) is 25.8. The molecule has 0 aromatic rings. The van der Waals surface area contributed by atoms with Gasteiger partial charge in [-0.25, -0.2) is 8.42 Å². The Morgan fingerprint density at radius 2 is 2.00 bits per heavy atom. The first-order valence-electron chi connectivity index (χ1n) is 7.92. The number of rotatable bonds is 5. The third-order valence-electron chi connectivity index (χ3n) is 4.28. The molecule has 2 rings (SSSR count). The quantitative estimate of drug-likeness (QED) is 0.764. The predicted octanol–water partition coefficient (Wildman–Crippen LogP) is -0.0708. The van der Waals surface area contributed by atoms with Crippen molar-refractivity contribution >= 4 is 21.8 Å². The first-order chi connectivity index (χ1) is 10.4. The van der Waals surface area contributed by atoms with Crippen molar-refractivity contribution in [3.8, 4) is 0 Å². The van der Waals surface area contributed by atoms with Crippen molar-refractivity contribution in [1.29, 1.82) is 0 Å². The van der Waals surface area contributed by atoms with Crippen LogP contribution in [0.4, 0.5) is 0 Å². The van der Waals surface area contributed by atoms with Crippen LogP contribution in [0.3, 0.4) is 0 Å². The lowest BCUT2D eigenvalue weighted by atomic mass is 10.2. The molecule has 2 amide bonds. The molecule has 1 N–H and O–H groups in total. The van der Waals surface area contributed by atoms with Crippen molar-refractivity contribution in [2.45, 2.75) is 44.6 Å². The van der Waals surface area contributed by atoms with E-state index in [4.69, 9.17) is 0 Å². The Kier molecular flexibility index (Phi) is 5.80. The van der Waals surface area contributed by atoms with Crippen LogP contribution in [0.5, 0.6) is 0 Å². The molecule has 0 bridgehead atoms. The first kappa shape index (κ1) is 17.2. The third kappa shape index (κ3) is 4.42. The zero-order chi connectivity index (χ0) is 16.2. The van der Waals surface area contributed by atoms with E-state index in [0.29, 0.717) is 38.9 Å². The number of hydrogen-bond acceptors (Lipinski definition) is 4. The van der Waals surface area contributed by atoms with Crippen LogP contribution in [0.2, 0.25) is 0 Å². The Bertz CT molecular complexity index is 520. The SMILES string of the molecule is CS(=O)(=O)N1CCC[C@@H]1C(=O)NCCN1CCCCCC1=O. The molecule has 2 aliphatic heterocycles. The molecule has 0 aliphatic carbocycles. The number of sulfonamides is 1. The summed E-state index contributed by atoms with van der Waals surface area (Å²) in [5.74, 6) is -0.115. The van der Waals surface area contributed by atoms with Crippen molar-refractivity contribution in [2.24, 2.45) is 0 Å². The minimum absolute atomic E-state index is 0.144. The Morgan fingerprint density at radius 1 is 1.23 bits per heavy atom. The average molecular weight is 331 g/mol. The van der Waals surface area contributed by atoms with E-state index >= 15 is 0 Å². The topological polar surface area (TPSA) is 86.8 Å². The van der Waals surface area contributed by atoms with Gasteiger partial charge in [0.15, 0.2) is 0 Å². The van der Waals surface area contributed by atoms with Gasteiger partial charge in [0, 0.05) is 32.6 Å². The Hall–Kier alpha value is -1.15. The van der Waals surface area contributed by atoms with Gasteiger partial charge in [0.2, 0.25) is 21.8 Å². The van der Waals surface area contributed by atoms with E-state index in [1.807, 2.05) is 0 Å². The fourth-order valence-corrected chi connectivity index (χ4v) is 4.23. The predicted molar refractivity (Wildman–Crippen MR) is 82.6 cm³/mol. The summed E-state index contributed by atoms with van der Waals surface area (Å²) >= 11 is 0. The largest absolute Gasteiger partial charge is 0.353 e. The highest BCUT2D eigenvalue weighted by Gasteiger charge is 2.36.